The lowest BCUT2D eigenvalue weighted by Crippen LogP contribution is -2.53. The fraction of sp³-hybridized carbons (Fsp3) is 0.857. The van der Waals surface area contributed by atoms with Gasteiger partial charge in [0.05, 0.1) is 5.60 Å². The molecular weight excluding hydrogens is 198 g/mol. The van der Waals surface area contributed by atoms with Crippen LogP contribution in [0.15, 0.2) is 12.2 Å². The first-order chi connectivity index (χ1) is 7.50. The number of hydrogen-bond donors (Lipinski definition) is 1. The van der Waals surface area contributed by atoms with E-state index in [4.69, 9.17) is 0 Å². The van der Waals surface area contributed by atoms with E-state index in [9.17, 15) is 5.11 Å². The van der Waals surface area contributed by atoms with Gasteiger partial charge in [0, 0.05) is 6.04 Å². The van der Waals surface area contributed by atoms with Gasteiger partial charge in [-0.05, 0) is 65.0 Å². The predicted molar refractivity (Wildman–Crippen MR) is 67.4 cm³/mol. The van der Waals surface area contributed by atoms with Gasteiger partial charge in [-0.2, -0.15) is 0 Å². The summed E-state index contributed by atoms with van der Waals surface area (Å²) in [5.74, 6) is 0.617. The molecule has 3 atom stereocenters. The maximum atomic E-state index is 10.5. The summed E-state index contributed by atoms with van der Waals surface area (Å²) >= 11 is 0. The second-order valence-corrected chi connectivity index (χ2v) is 5.93. The summed E-state index contributed by atoms with van der Waals surface area (Å²) in [4.78, 5) is 2.50. The van der Waals surface area contributed by atoms with Crippen LogP contribution < -0.4 is 0 Å². The highest BCUT2D eigenvalue weighted by Crippen LogP contribution is 2.38. The first-order valence-corrected chi connectivity index (χ1v) is 6.62. The van der Waals surface area contributed by atoms with E-state index >= 15 is 0 Å². The van der Waals surface area contributed by atoms with Crippen LogP contribution in [0, 0.1) is 5.92 Å². The van der Waals surface area contributed by atoms with Gasteiger partial charge in [-0.25, -0.2) is 0 Å². The Morgan fingerprint density at radius 3 is 2.56 bits per heavy atom. The summed E-state index contributed by atoms with van der Waals surface area (Å²) in [7, 11) is 0. The summed E-state index contributed by atoms with van der Waals surface area (Å²) in [6.45, 7) is 10.6. The Hall–Kier alpha value is -0.340. The third-order valence-electron chi connectivity index (χ3n) is 4.50. The third-order valence-corrected chi connectivity index (χ3v) is 4.50. The van der Waals surface area contributed by atoms with Crippen LogP contribution in [0.2, 0.25) is 0 Å². The van der Waals surface area contributed by atoms with Crippen molar-refractivity contribution in [2.24, 2.45) is 5.92 Å². The molecule has 1 aliphatic heterocycles. The molecule has 2 rings (SSSR count). The molecule has 2 heteroatoms. The van der Waals surface area contributed by atoms with Crippen molar-refractivity contribution in [2.75, 3.05) is 13.1 Å². The summed E-state index contributed by atoms with van der Waals surface area (Å²) in [6, 6.07) is 0.352. The summed E-state index contributed by atoms with van der Waals surface area (Å²) in [5.41, 5.74) is 0.802. The second kappa shape index (κ2) is 4.50. The van der Waals surface area contributed by atoms with Crippen molar-refractivity contribution in [3.63, 3.8) is 0 Å². The summed E-state index contributed by atoms with van der Waals surface area (Å²) in [6.07, 6.45) is 5.72. The molecule has 16 heavy (non-hydrogen) atoms. The normalized spacial score (nSPS) is 41.2. The van der Waals surface area contributed by atoms with Crippen LogP contribution in [-0.4, -0.2) is 34.7 Å². The van der Waals surface area contributed by atoms with Crippen LogP contribution in [0.25, 0.3) is 0 Å². The zero-order valence-corrected chi connectivity index (χ0v) is 10.7. The molecule has 2 aliphatic rings. The standard InChI is InChI=1S/C14H25NO/c1-11(2)12-6-7-14(3,16)13(10-12)15-8-4-5-9-15/h12-13,16H,1,4-10H2,2-3H3. The lowest BCUT2D eigenvalue weighted by atomic mass is 9.73. The first-order valence-electron chi connectivity index (χ1n) is 6.62. The summed E-state index contributed by atoms with van der Waals surface area (Å²) < 4.78 is 0. The minimum Gasteiger partial charge on any atom is -0.389 e. The van der Waals surface area contributed by atoms with Crippen molar-refractivity contribution in [3.05, 3.63) is 12.2 Å². The largest absolute Gasteiger partial charge is 0.389 e. The van der Waals surface area contributed by atoms with E-state index in [1.165, 1.54) is 31.5 Å². The second-order valence-electron chi connectivity index (χ2n) is 5.93. The lowest BCUT2D eigenvalue weighted by molar-refractivity contribution is -0.0627. The predicted octanol–water partition coefficient (Wildman–Crippen LogP) is 2.58. The first kappa shape index (κ1) is 12.1. The van der Waals surface area contributed by atoms with Crippen LogP contribution >= 0.6 is 0 Å². The zero-order chi connectivity index (χ0) is 11.8. The topological polar surface area (TPSA) is 23.5 Å². The molecule has 0 amide bonds. The monoisotopic (exact) mass is 223 g/mol. The fourth-order valence-electron chi connectivity index (χ4n) is 3.32. The smallest absolute Gasteiger partial charge is 0.0774 e. The number of likely N-dealkylation sites (tertiary alicyclic amines) is 1. The van der Waals surface area contributed by atoms with E-state index in [1.54, 1.807) is 0 Å². The molecule has 2 nitrogen and oxygen atoms in total. The Morgan fingerprint density at radius 1 is 1.38 bits per heavy atom. The molecule has 0 radical (unpaired) electrons. The van der Waals surface area contributed by atoms with Gasteiger partial charge in [0.25, 0.3) is 0 Å². The molecule has 3 unspecified atom stereocenters. The van der Waals surface area contributed by atoms with E-state index < -0.39 is 5.60 Å². The molecule has 1 saturated carbocycles. The minimum absolute atomic E-state index is 0.352. The molecule has 0 aromatic carbocycles. The Bertz CT molecular complexity index is 266. The van der Waals surface area contributed by atoms with Gasteiger partial charge in [-0.3, -0.25) is 4.90 Å². The molecule has 2 fully saturated rings. The van der Waals surface area contributed by atoms with Crippen LogP contribution in [0.5, 0.6) is 0 Å². The average molecular weight is 223 g/mol. The molecule has 0 bridgehead atoms. The number of rotatable bonds is 2. The Balaban J connectivity index is 2.08. The van der Waals surface area contributed by atoms with E-state index in [1.807, 2.05) is 6.92 Å². The van der Waals surface area contributed by atoms with E-state index in [0.29, 0.717) is 12.0 Å². The average Bonchev–Trinajstić information content (AvgIpc) is 2.69. The van der Waals surface area contributed by atoms with Crippen molar-refractivity contribution >= 4 is 0 Å². The van der Waals surface area contributed by atoms with E-state index in [2.05, 4.69) is 18.4 Å². The Labute approximate surface area is 99.3 Å². The van der Waals surface area contributed by atoms with Gasteiger partial charge in [0.15, 0.2) is 0 Å². The fourth-order valence-corrected chi connectivity index (χ4v) is 3.32. The van der Waals surface area contributed by atoms with Gasteiger partial charge < -0.3 is 5.11 Å². The highest BCUT2D eigenvalue weighted by Gasteiger charge is 2.42. The van der Waals surface area contributed by atoms with Crippen LogP contribution in [0.3, 0.4) is 0 Å². The lowest BCUT2D eigenvalue weighted by Gasteiger charge is -2.45. The number of hydrogen-bond acceptors (Lipinski definition) is 2. The van der Waals surface area contributed by atoms with Crippen molar-refractivity contribution in [1.29, 1.82) is 0 Å². The van der Waals surface area contributed by atoms with Crippen molar-refractivity contribution in [1.82, 2.24) is 4.90 Å². The summed E-state index contributed by atoms with van der Waals surface area (Å²) in [5, 5.41) is 10.5. The molecule has 1 aliphatic carbocycles. The quantitative estimate of drug-likeness (QED) is 0.727. The third kappa shape index (κ3) is 2.33. The van der Waals surface area contributed by atoms with Crippen molar-refractivity contribution in [2.45, 2.75) is 57.6 Å². The zero-order valence-electron chi connectivity index (χ0n) is 10.7. The molecule has 0 spiro atoms. The molecule has 0 aromatic heterocycles. The minimum atomic E-state index is -0.490. The molecule has 1 heterocycles. The number of allylic oxidation sites excluding steroid dienone is 1. The van der Waals surface area contributed by atoms with Crippen molar-refractivity contribution < 1.29 is 5.11 Å². The van der Waals surface area contributed by atoms with Gasteiger partial charge in [0.2, 0.25) is 0 Å². The molecule has 92 valence electrons. The van der Waals surface area contributed by atoms with Gasteiger partial charge >= 0.3 is 0 Å². The highest BCUT2D eigenvalue weighted by molar-refractivity contribution is 5.05. The van der Waals surface area contributed by atoms with Gasteiger partial charge in [-0.15, -0.1) is 0 Å². The maximum Gasteiger partial charge on any atom is 0.0774 e. The van der Waals surface area contributed by atoms with Crippen molar-refractivity contribution in [3.8, 4) is 0 Å². The van der Waals surface area contributed by atoms with Gasteiger partial charge in [-0.1, -0.05) is 12.2 Å². The molecule has 0 aromatic rings. The van der Waals surface area contributed by atoms with Crippen LogP contribution in [0.1, 0.15) is 46.0 Å². The number of aliphatic hydroxyl groups is 1. The van der Waals surface area contributed by atoms with E-state index in [0.717, 1.165) is 19.3 Å². The Kier molecular flexibility index (Phi) is 3.41. The van der Waals surface area contributed by atoms with E-state index in [-0.39, 0.29) is 0 Å². The van der Waals surface area contributed by atoms with Gasteiger partial charge in [0.1, 0.15) is 0 Å². The maximum absolute atomic E-state index is 10.5. The molecule has 1 saturated heterocycles. The SMILES string of the molecule is C=C(C)C1CCC(C)(O)C(N2CCCC2)C1. The molecular formula is C14H25NO. The number of nitrogens with zero attached hydrogens (tertiary/aromatic N) is 1. The Morgan fingerprint density at radius 2 is 2.00 bits per heavy atom. The molecule has 1 N–H and O–H groups in total. The highest BCUT2D eigenvalue weighted by atomic mass is 16.3. The van der Waals surface area contributed by atoms with Crippen LogP contribution in [-0.2, 0) is 0 Å². The van der Waals surface area contributed by atoms with Crippen LogP contribution in [0.4, 0.5) is 0 Å².